The number of pyridine rings is 1. The summed E-state index contributed by atoms with van der Waals surface area (Å²) < 4.78 is 1.45. The summed E-state index contributed by atoms with van der Waals surface area (Å²) in [7, 11) is 0. The number of nitrogens with one attached hydrogen (secondary N) is 2. The van der Waals surface area contributed by atoms with E-state index < -0.39 is 6.03 Å². The monoisotopic (exact) mass is 427 g/mol. The minimum Gasteiger partial charge on any atom is -0.394 e. The molecular weight excluding hydrogens is 414 g/mol. The number of aliphatic hydroxyl groups excluding tert-OH is 1. The average Bonchev–Trinajstić information content (AvgIpc) is 2.52. The number of hydrogen-bond donors (Lipinski definition) is 3. The van der Waals surface area contributed by atoms with Gasteiger partial charge in [-0.2, -0.15) is 0 Å². The van der Waals surface area contributed by atoms with Crippen molar-refractivity contribution in [2.45, 2.75) is 12.5 Å². The largest absolute Gasteiger partial charge is 0.394 e. The molecule has 0 spiro atoms. The molecule has 0 aliphatic carbocycles. The number of anilines is 1. The van der Waals surface area contributed by atoms with E-state index in [1.807, 2.05) is 30.3 Å². The minimum absolute atomic E-state index is 0.139. The summed E-state index contributed by atoms with van der Waals surface area (Å²) in [4.78, 5) is 16.0. The highest BCUT2D eigenvalue weighted by atomic mass is 79.9. The molecule has 0 saturated carbocycles. The first-order chi connectivity index (χ1) is 10.6. The number of amides is 2. The summed E-state index contributed by atoms with van der Waals surface area (Å²) in [5.74, 6) is 0. The number of halogens is 2. The second-order valence-electron chi connectivity index (χ2n) is 4.65. The summed E-state index contributed by atoms with van der Waals surface area (Å²) in [6.45, 7) is -0.139. The molecule has 7 heteroatoms. The van der Waals surface area contributed by atoms with Gasteiger partial charge in [0.05, 0.1) is 33.5 Å². The van der Waals surface area contributed by atoms with Crippen LogP contribution in [-0.2, 0) is 6.42 Å². The van der Waals surface area contributed by atoms with Gasteiger partial charge in [-0.25, -0.2) is 4.79 Å². The van der Waals surface area contributed by atoms with E-state index in [-0.39, 0.29) is 12.6 Å². The molecule has 0 bridgehead atoms. The van der Waals surface area contributed by atoms with Gasteiger partial charge in [0.1, 0.15) is 0 Å². The molecule has 2 amide bonds. The Balaban J connectivity index is 1.96. The van der Waals surface area contributed by atoms with Crippen LogP contribution in [0.4, 0.5) is 10.5 Å². The average molecular weight is 429 g/mol. The van der Waals surface area contributed by atoms with Crippen molar-refractivity contribution >= 4 is 43.6 Å². The fourth-order valence-corrected chi connectivity index (χ4v) is 2.55. The summed E-state index contributed by atoms with van der Waals surface area (Å²) in [5.41, 5.74) is 1.59. The van der Waals surface area contributed by atoms with Crippen molar-refractivity contribution in [2.24, 2.45) is 0 Å². The molecule has 1 unspecified atom stereocenters. The van der Waals surface area contributed by atoms with Crippen molar-refractivity contribution in [2.75, 3.05) is 11.9 Å². The Bertz CT molecular complexity index is 638. The van der Waals surface area contributed by atoms with Gasteiger partial charge >= 0.3 is 6.03 Å². The van der Waals surface area contributed by atoms with Crippen LogP contribution in [0, 0.1) is 0 Å². The molecule has 3 N–H and O–H groups in total. The highest BCUT2D eigenvalue weighted by Gasteiger charge is 2.14. The number of benzene rings is 1. The molecule has 2 aromatic rings. The maximum Gasteiger partial charge on any atom is 0.319 e. The molecule has 22 heavy (non-hydrogen) atoms. The van der Waals surface area contributed by atoms with Gasteiger partial charge in [-0.3, -0.25) is 4.98 Å². The number of nitrogens with zero attached hydrogens (tertiary/aromatic N) is 1. The van der Waals surface area contributed by atoms with E-state index in [0.29, 0.717) is 16.6 Å². The summed E-state index contributed by atoms with van der Waals surface area (Å²) >= 11 is 6.69. The predicted molar refractivity (Wildman–Crippen MR) is 92.8 cm³/mol. The van der Waals surface area contributed by atoms with Gasteiger partial charge in [0.15, 0.2) is 0 Å². The van der Waals surface area contributed by atoms with E-state index in [1.165, 1.54) is 0 Å². The molecule has 1 aromatic heterocycles. The van der Waals surface area contributed by atoms with Crippen molar-refractivity contribution in [1.29, 1.82) is 0 Å². The van der Waals surface area contributed by atoms with Crippen LogP contribution in [0.15, 0.2) is 51.7 Å². The smallest absolute Gasteiger partial charge is 0.319 e. The molecule has 0 aliphatic rings. The third-order valence-electron chi connectivity index (χ3n) is 2.97. The second-order valence-corrected chi connectivity index (χ2v) is 6.30. The normalized spacial score (nSPS) is 11.8. The SMILES string of the molecule is O=C(Nc1cncc(Br)c1Br)NC(CO)Cc1ccccc1. The molecule has 0 saturated heterocycles. The van der Waals surface area contributed by atoms with E-state index in [9.17, 15) is 9.90 Å². The molecule has 1 aromatic carbocycles. The summed E-state index contributed by atoms with van der Waals surface area (Å²) in [6.07, 6.45) is 3.72. The Labute approximate surface area is 145 Å². The zero-order valence-corrected chi connectivity index (χ0v) is 14.8. The van der Waals surface area contributed by atoms with Crippen molar-refractivity contribution in [3.8, 4) is 0 Å². The lowest BCUT2D eigenvalue weighted by molar-refractivity contribution is 0.224. The topological polar surface area (TPSA) is 74.2 Å². The summed E-state index contributed by atoms with van der Waals surface area (Å²) in [6, 6.07) is 8.93. The Morgan fingerprint density at radius 3 is 2.64 bits per heavy atom. The number of carbonyl (C=O) groups is 1. The molecule has 5 nitrogen and oxygen atoms in total. The molecule has 2 rings (SSSR count). The van der Waals surface area contributed by atoms with Crippen molar-refractivity contribution < 1.29 is 9.90 Å². The lowest BCUT2D eigenvalue weighted by atomic mass is 10.1. The number of carbonyl (C=O) groups excluding carboxylic acids is 1. The number of hydrogen-bond acceptors (Lipinski definition) is 3. The van der Waals surface area contributed by atoms with Crippen LogP contribution in [0.5, 0.6) is 0 Å². The summed E-state index contributed by atoms with van der Waals surface area (Å²) in [5, 5.41) is 14.9. The molecular formula is C15H15Br2N3O2. The van der Waals surface area contributed by atoms with E-state index in [2.05, 4.69) is 47.5 Å². The van der Waals surface area contributed by atoms with Crippen LogP contribution >= 0.6 is 31.9 Å². The number of rotatable bonds is 5. The molecule has 0 radical (unpaired) electrons. The molecule has 116 valence electrons. The Morgan fingerprint density at radius 2 is 1.95 bits per heavy atom. The maximum atomic E-state index is 12.0. The highest BCUT2D eigenvalue weighted by molar-refractivity contribution is 9.13. The minimum atomic E-state index is -0.393. The van der Waals surface area contributed by atoms with Crippen LogP contribution in [0.3, 0.4) is 0 Å². The second kappa shape index (κ2) is 8.26. The Kier molecular flexibility index (Phi) is 6.35. The zero-order chi connectivity index (χ0) is 15.9. The van der Waals surface area contributed by atoms with E-state index in [0.717, 1.165) is 10.0 Å². The molecule has 0 aliphatic heterocycles. The van der Waals surface area contributed by atoms with Gasteiger partial charge in [0.2, 0.25) is 0 Å². The fourth-order valence-electron chi connectivity index (χ4n) is 1.91. The third-order valence-corrected chi connectivity index (χ3v) is 4.95. The van der Waals surface area contributed by atoms with Crippen molar-refractivity contribution in [3.05, 3.63) is 57.2 Å². The first-order valence-electron chi connectivity index (χ1n) is 6.61. The quantitative estimate of drug-likeness (QED) is 0.683. The predicted octanol–water partition coefficient (Wildman–Crippen LogP) is 3.33. The van der Waals surface area contributed by atoms with Gasteiger partial charge in [-0.05, 0) is 43.8 Å². The van der Waals surface area contributed by atoms with Crippen LogP contribution in [0.2, 0.25) is 0 Å². The van der Waals surface area contributed by atoms with Crippen LogP contribution in [0.25, 0.3) is 0 Å². The van der Waals surface area contributed by atoms with Gasteiger partial charge in [-0.1, -0.05) is 30.3 Å². The van der Waals surface area contributed by atoms with Gasteiger partial charge in [-0.15, -0.1) is 0 Å². The lowest BCUT2D eigenvalue weighted by Gasteiger charge is -2.17. The number of aromatic nitrogens is 1. The van der Waals surface area contributed by atoms with Crippen molar-refractivity contribution in [3.63, 3.8) is 0 Å². The van der Waals surface area contributed by atoms with Crippen LogP contribution < -0.4 is 10.6 Å². The Morgan fingerprint density at radius 1 is 1.23 bits per heavy atom. The molecule has 1 atom stereocenters. The highest BCUT2D eigenvalue weighted by Crippen LogP contribution is 2.29. The fraction of sp³-hybridized carbons (Fsp3) is 0.200. The lowest BCUT2D eigenvalue weighted by Crippen LogP contribution is -2.41. The molecule has 1 heterocycles. The van der Waals surface area contributed by atoms with Crippen LogP contribution in [-0.4, -0.2) is 28.8 Å². The Hall–Kier alpha value is -1.44. The molecule has 0 fully saturated rings. The van der Waals surface area contributed by atoms with Gasteiger partial charge < -0.3 is 15.7 Å². The number of urea groups is 1. The van der Waals surface area contributed by atoms with Crippen LogP contribution in [0.1, 0.15) is 5.56 Å². The van der Waals surface area contributed by atoms with E-state index in [1.54, 1.807) is 12.4 Å². The zero-order valence-electron chi connectivity index (χ0n) is 11.6. The van der Waals surface area contributed by atoms with Gasteiger partial charge in [0, 0.05) is 6.20 Å². The van der Waals surface area contributed by atoms with Gasteiger partial charge in [0.25, 0.3) is 0 Å². The first kappa shape index (κ1) is 16.9. The standard InChI is InChI=1S/C15H15Br2N3O2/c16-12-7-18-8-13(14(12)17)20-15(22)19-11(9-21)6-10-4-2-1-3-5-10/h1-5,7-8,11,21H,6,9H2,(H2,19,20,22). The maximum absolute atomic E-state index is 12.0. The first-order valence-corrected chi connectivity index (χ1v) is 8.20. The number of aliphatic hydroxyl groups is 1. The third kappa shape index (κ3) is 4.79. The van der Waals surface area contributed by atoms with E-state index >= 15 is 0 Å². The van der Waals surface area contributed by atoms with Crippen molar-refractivity contribution in [1.82, 2.24) is 10.3 Å². The van der Waals surface area contributed by atoms with E-state index in [4.69, 9.17) is 0 Å².